The molecule has 0 atom stereocenters. The highest BCUT2D eigenvalue weighted by Crippen LogP contribution is 2.35. The lowest BCUT2D eigenvalue weighted by Crippen LogP contribution is -2.19. The lowest BCUT2D eigenvalue weighted by atomic mass is 10.1. The van der Waals surface area contributed by atoms with Crippen LogP contribution in [0.1, 0.15) is 5.56 Å². The van der Waals surface area contributed by atoms with Crippen LogP contribution in [0.15, 0.2) is 12.1 Å². The monoisotopic (exact) mass is 164 g/mol. The first-order chi connectivity index (χ1) is 5.79. The van der Waals surface area contributed by atoms with Crippen LogP contribution in [0.25, 0.3) is 0 Å². The van der Waals surface area contributed by atoms with Gasteiger partial charge in [0.15, 0.2) is 5.75 Å². The average molecular weight is 164 g/mol. The molecule has 1 heterocycles. The summed E-state index contributed by atoms with van der Waals surface area (Å²) in [7, 11) is 0. The van der Waals surface area contributed by atoms with Crippen LogP contribution in [0.5, 0.6) is 5.75 Å². The number of nitrogen functional groups attached to an aromatic ring is 1. The molecular formula is C9H12N2O. The summed E-state index contributed by atoms with van der Waals surface area (Å²) in [6, 6.07) is 3.87. The number of anilines is 2. The summed E-state index contributed by atoms with van der Waals surface area (Å²) in [5.74, 6) is 0.807. The van der Waals surface area contributed by atoms with Crippen molar-refractivity contribution in [1.29, 1.82) is 0 Å². The molecular weight excluding hydrogens is 152 g/mol. The highest BCUT2D eigenvalue weighted by molar-refractivity contribution is 5.73. The van der Waals surface area contributed by atoms with Gasteiger partial charge in [0.05, 0.1) is 11.4 Å². The van der Waals surface area contributed by atoms with E-state index in [1.54, 1.807) is 0 Å². The standard InChI is InChI=1S/C9H12N2O/c1-6-2-3-7(10)9-8(6)11-4-5-12-9/h2-3,11H,4-5,10H2,1H3. The third kappa shape index (κ3) is 0.978. The Morgan fingerprint density at radius 2 is 2.33 bits per heavy atom. The van der Waals surface area contributed by atoms with E-state index in [0.717, 1.165) is 18.0 Å². The van der Waals surface area contributed by atoms with Crippen molar-refractivity contribution >= 4 is 11.4 Å². The Balaban J connectivity index is 2.57. The Hall–Kier alpha value is -1.38. The molecule has 1 aliphatic rings. The van der Waals surface area contributed by atoms with Gasteiger partial charge < -0.3 is 15.8 Å². The number of fused-ring (bicyclic) bond motifs is 1. The molecule has 12 heavy (non-hydrogen) atoms. The van der Waals surface area contributed by atoms with Gasteiger partial charge in [-0.05, 0) is 18.6 Å². The van der Waals surface area contributed by atoms with Crippen molar-refractivity contribution in [3.63, 3.8) is 0 Å². The SMILES string of the molecule is Cc1ccc(N)c2c1NCCO2. The van der Waals surface area contributed by atoms with Crippen molar-refractivity contribution in [1.82, 2.24) is 0 Å². The number of nitrogens with two attached hydrogens (primary N) is 1. The maximum absolute atomic E-state index is 5.75. The zero-order valence-electron chi connectivity index (χ0n) is 7.05. The zero-order valence-corrected chi connectivity index (χ0v) is 7.05. The Morgan fingerprint density at radius 1 is 1.50 bits per heavy atom. The fraction of sp³-hybridized carbons (Fsp3) is 0.333. The second-order valence-electron chi connectivity index (χ2n) is 2.95. The number of hydrogen-bond donors (Lipinski definition) is 2. The lowest BCUT2D eigenvalue weighted by molar-refractivity contribution is 0.325. The molecule has 0 unspecified atom stereocenters. The number of ether oxygens (including phenoxy) is 1. The molecule has 0 spiro atoms. The number of hydrogen-bond acceptors (Lipinski definition) is 3. The third-order valence-corrected chi connectivity index (χ3v) is 2.05. The Labute approximate surface area is 71.5 Å². The van der Waals surface area contributed by atoms with Gasteiger partial charge in [0.1, 0.15) is 6.61 Å². The number of aryl methyl sites for hydroxylation is 1. The third-order valence-electron chi connectivity index (χ3n) is 2.05. The molecule has 3 nitrogen and oxygen atoms in total. The highest BCUT2D eigenvalue weighted by Gasteiger charge is 2.13. The summed E-state index contributed by atoms with van der Waals surface area (Å²) < 4.78 is 5.45. The Kier molecular flexibility index (Phi) is 1.57. The van der Waals surface area contributed by atoms with E-state index >= 15 is 0 Å². The summed E-state index contributed by atoms with van der Waals surface area (Å²) in [6.07, 6.45) is 0. The molecule has 1 aliphatic heterocycles. The minimum Gasteiger partial charge on any atom is -0.487 e. The molecule has 1 aromatic carbocycles. The van der Waals surface area contributed by atoms with Crippen LogP contribution >= 0.6 is 0 Å². The minimum absolute atomic E-state index is 0.695. The average Bonchev–Trinajstić information content (AvgIpc) is 2.12. The van der Waals surface area contributed by atoms with E-state index in [1.807, 2.05) is 19.1 Å². The van der Waals surface area contributed by atoms with E-state index in [-0.39, 0.29) is 0 Å². The van der Waals surface area contributed by atoms with E-state index in [9.17, 15) is 0 Å². The van der Waals surface area contributed by atoms with Crippen LogP contribution in [0, 0.1) is 6.92 Å². The molecule has 0 saturated heterocycles. The normalized spacial score (nSPS) is 14.4. The van der Waals surface area contributed by atoms with Crippen molar-refractivity contribution in [2.75, 3.05) is 24.2 Å². The maximum Gasteiger partial charge on any atom is 0.165 e. The van der Waals surface area contributed by atoms with Gasteiger partial charge in [-0.15, -0.1) is 0 Å². The van der Waals surface area contributed by atoms with Gasteiger partial charge in [-0.3, -0.25) is 0 Å². The van der Waals surface area contributed by atoms with E-state index < -0.39 is 0 Å². The minimum atomic E-state index is 0.695. The van der Waals surface area contributed by atoms with E-state index in [2.05, 4.69) is 5.32 Å². The van der Waals surface area contributed by atoms with Crippen LogP contribution in [0.2, 0.25) is 0 Å². The molecule has 0 saturated carbocycles. The maximum atomic E-state index is 5.75. The van der Waals surface area contributed by atoms with Gasteiger partial charge in [0.25, 0.3) is 0 Å². The molecule has 3 N–H and O–H groups in total. The van der Waals surface area contributed by atoms with Crippen molar-refractivity contribution in [3.05, 3.63) is 17.7 Å². The second kappa shape index (κ2) is 2.59. The molecule has 0 bridgehead atoms. The molecule has 1 aromatic rings. The van der Waals surface area contributed by atoms with Crippen LogP contribution < -0.4 is 15.8 Å². The van der Waals surface area contributed by atoms with Crippen LogP contribution in [0.4, 0.5) is 11.4 Å². The summed E-state index contributed by atoms with van der Waals surface area (Å²) >= 11 is 0. The van der Waals surface area contributed by atoms with Gasteiger partial charge in [-0.2, -0.15) is 0 Å². The number of rotatable bonds is 0. The van der Waals surface area contributed by atoms with Gasteiger partial charge >= 0.3 is 0 Å². The van der Waals surface area contributed by atoms with Gasteiger partial charge in [0, 0.05) is 6.54 Å². The van der Waals surface area contributed by atoms with Crippen molar-refractivity contribution in [2.24, 2.45) is 0 Å². The Morgan fingerprint density at radius 3 is 3.08 bits per heavy atom. The predicted molar refractivity (Wildman–Crippen MR) is 49.6 cm³/mol. The molecule has 2 rings (SSSR count). The summed E-state index contributed by atoms with van der Waals surface area (Å²) in [5, 5.41) is 3.27. The second-order valence-corrected chi connectivity index (χ2v) is 2.95. The first-order valence-corrected chi connectivity index (χ1v) is 4.05. The topological polar surface area (TPSA) is 47.3 Å². The summed E-state index contributed by atoms with van der Waals surface area (Å²) in [4.78, 5) is 0. The molecule has 0 radical (unpaired) electrons. The van der Waals surface area contributed by atoms with E-state index in [0.29, 0.717) is 12.3 Å². The van der Waals surface area contributed by atoms with Crippen LogP contribution in [-0.4, -0.2) is 13.2 Å². The van der Waals surface area contributed by atoms with E-state index in [4.69, 9.17) is 10.5 Å². The van der Waals surface area contributed by atoms with Crippen molar-refractivity contribution in [2.45, 2.75) is 6.92 Å². The largest absolute Gasteiger partial charge is 0.487 e. The molecule has 0 amide bonds. The lowest BCUT2D eigenvalue weighted by Gasteiger charge is -2.22. The summed E-state index contributed by atoms with van der Waals surface area (Å²) in [5.41, 5.74) is 8.68. The van der Waals surface area contributed by atoms with Gasteiger partial charge in [0.2, 0.25) is 0 Å². The first kappa shape index (κ1) is 7.28. The fourth-order valence-corrected chi connectivity index (χ4v) is 1.40. The van der Waals surface area contributed by atoms with Crippen molar-refractivity contribution in [3.8, 4) is 5.75 Å². The Bertz CT molecular complexity index is 279. The number of nitrogens with one attached hydrogen (secondary N) is 1. The van der Waals surface area contributed by atoms with Crippen LogP contribution in [-0.2, 0) is 0 Å². The molecule has 3 heteroatoms. The predicted octanol–water partition coefficient (Wildman–Crippen LogP) is 1.38. The quantitative estimate of drug-likeness (QED) is 0.569. The van der Waals surface area contributed by atoms with E-state index in [1.165, 1.54) is 5.56 Å². The molecule has 64 valence electrons. The summed E-state index contributed by atoms with van der Waals surface area (Å²) in [6.45, 7) is 3.60. The van der Waals surface area contributed by atoms with Gasteiger partial charge in [-0.25, -0.2) is 0 Å². The van der Waals surface area contributed by atoms with Crippen LogP contribution in [0.3, 0.4) is 0 Å². The first-order valence-electron chi connectivity index (χ1n) is 4.05. The van der Waals surface area contributed by atoms with Gasteiger partial charge in [-0.1, -0.05) is 6.07 Å². The molecule has 0 fully saturated rings. The highest BCUT2D eigenvalue weighted by atomic mass is 16.5. The van der Waals surface area contributed by atoms with Crippen molar-refractivity contribution < 1.29 is 4.74 Å². The number of benzene rings is 1. The molecule has 0 aliphatic carbocycles. The zero-order chi connectivity index (χ0) is 8.55. The molecule has 0 aromatic heterocycles. The fourth-order valence-electron chi connectivity index (χ4n) is 1.40. The smallest absolute Gasteiger partial charge is 0.165 e.